The maximum atomic E-state index is 6.21. The summed E-state index contributed by atoms with van der Waals surface area (Å²) in [4.78, 5) is 6.92. The highest BCUT2D eigenvalue weighted by Crippen LogP contribution is 2.25. The van der Waals surface area contributed by atoms with Gasteiger partial charge in [0.15, 0.2) is 5.96 Å². The van der Waals surface area contributed by atoms with E-state index in [4.69, 9.17) is 28.9 Å². The van der Waals surface area contributed by atoms with Crippen LogP contribution in [0.1, 0.15) is 44.2 Å². The van der Waals surface area contributed by atoms with Crippen molar-refractivity contribution in [1.29, 1.82) is 0 Å². The molecular weight excluding hydrogens is 331 g/mol. The summed E-state index contributed by atoms with van der Waals surface area (Å²) in [5, 5.41) is 4.44. The summed E-state index contributed by atoms with van der Waals surface area (Å²) >= 11 is 12.1. The molecule has 0 bridgehead atoms. The fraction of sp³-hybridized carbons (Fsp3) is 0.588. The molecule has 0 spiro atoms. The molecule has 3 N–H and O–H groups in total. The minimum atomic E-state index is -0.00637. The first-order valence-electron chi connectivity index (χ1n) is 8.30. The van der Waals surface area contributed by atoms with Crippen LogP contribution in [0.3, 0.4) is 0 Å². The Morgan fingerprint density at radius 2 is 2.04 bits per heavy atom. The van der Waals surface area contributed by atoms with Gasteiger partial charge in [-0.15, -0.1) is 0 Å². The van der Waals surface area contributed by atoms with E-state index in [-0.39, 0.29) is 6.04 Å². The molecule has 1 aliphatic rings. The minimum Gasteiger partial charge on any atom is -0.370 e. The number of nitrogens with one attached hydrogen (secondary N) is 1. The van der Waals surface area contributed by atoms with Gasteiger partial charge in [-0.3, -0.25) is 4.99 Å². The third-order valence-corrected chi connectivity index (χ3v) is 4.72. The predicted octanol–water partition coefficient (Wildman–Crippen LogP) is 3.83. The van der Waals surface area contributed by atoms with Crippen molar-refractivity contribution >= 4 is 29.2 Å². The molecule has 1 aliphatic heterocycles. The van der Waals surface area contributed by atoms with Crippen molar-refractivity contribution in [2.24, 2.45) is 10.7 Å². The van der Waals surface area contributed by atoms with E-state index in [9.17, 15) is 0 Å². The van der Waals surface area contributed by atoms with Crippen LogP contribution < -0.4 is 11.1 Å². The highest BCUT2D eigenvalue weighted by Gasteiger charge is 2.11. The molecule has 6 heteroatoms. The normalized spacial score (nSPS) is 17.4. The van der Waals surface area contributed by atoms with Gasteiger partial charge in [0.2, 0.25) is 0 Å². The van der Waals surface area contributed by atoms with Crippen molar-refractivity contribution in [3.63, 3.8) is 0 Å². The highest BCUT2D eigenvalue weighted by molar-refractivity contribution is 6.35. The van der Waals surface area contributed by atoms with Crippen molar-refractivity contribution in [1.82, 2.24) is 10.2 Å². The predicted molar refractivity (Wildman–Crippen MR) is 99.4 cm³/mol. The summed E-state index contributed by atoms with van der Waals surface area (Å²) in [7, 11) is 0. The van der Waals surface area contributed by atoms with Crippen LogP contribution in [-0.2, 0) is 0 Å². The zero-order chi connectivity index (χ0) is 16.7. The zero-order valence-electron chi connectivity index (χ0n) is 13.7. The Kier molecular flexibility index (Phi) is 7.47. The monoisotopic (exact) mass is 356 g/mol. The minimum absolute atomic E-state index is 0.00637. The molecule has 4 nitrogen and oxygen atoms in total. The molecule has 1 fully saturated rings. The largest absolute Gasteiger partial charge is 0.370 e. The van der Waals surface area contributed by atoms with E-state index in [2.05, 4.69) is 15.2 Å². The number of rotatable bonds is 7. The molecule has 0 aliphatic carbocycles. The molecule has 1 saturated heterocycles. The van der Waals surface area contributed by atoms with Crippen LogP contribution in [0.15, 0.2) is 23.2 Å². The molecule has 1 aromatic rings. The Bertz CT molecular complexity index is 527. The molecule has 1 heterocycles. The molecule has 1 aromatic carbocycles. The van der Waals surface area contributed by atoms with E-state index in [1.54, 1.807) is 6.07 Å². The Labute approximate surface area is 149 Å². The van der Waals surface area contributed by atoms with Crippen molar-refractivity contribution in [3.8, 4) is 0 Å². The standard InChI is InChI=1S/C17H26Cl2N4/c1-13(15-7-6-14(18)12-16(15)19)22-17(20)21-8-2-3-9-23-10-4-5-11-23/h6-7,12-13H,2-5,8-11H2,1H3,(H3,20,21,22). The topological polar surface area (TPSA) is 53.6 Å². The number of benzene rings is 1. The van der Waals surface area contributed by atoms with Crippen LogP contribution in [-0.4, -0.2) is 37.0 Å². The van der Waals surface area contributed by atoms with Gasteiger partial charge in [0.25, 0.3) is 0 Å². The number of unbranched alkanes of at least 4 members (excludes halogenated alkanes) is 1. The average molecular weight is 357 g/mol. The number of guanidine groups is 1. The smallest absolute Gasteiger partial charge is 0.189 e. The molecule has 0 amide bonds. The molecule has 2 rings (SSSR count). The van der Waals surface area contributed by atoms with E-state index in [1.165, 1.54) is 38.9 Å². The lowest BCUT2D eigenvalue weighted by Gasteiger charge is -2.16. The number of halogens is 2. The number of nitrogens with two attached hydrogens (primary N) is 1. The SMILES string of the molecule is CC(NC(N)=NCCCCN1CCCC1)c1ccc(Cl)cc1Cl. The Hall–Kier alpha value is -0.970. The van der Waals surface area contributed by atoms with E-state index >= 15 is 0 Å². The third-order valence-electron chi connectivity index (χ3n) is 4.16. The molecule has 1 unspecified atom stereocenters. The first-order chi connectivity index (χ1) is 11.1. The van der Waals surface area contributed by atoms with E-state index in [1.807, 2.05) is 19.1 Å². The lowest BCUT2D eigenvalue weighted by Crippen LogP contribution is -2.34. The van der Waals surface area contributed by atoms with Gasteiger partial charge in [-0.1, -0.05) is 29.3 Å². The van der Waals surface area contributed by atoms with Crippen molar-refractivity contribution < 1.29 is 0 Å². The second kappa shape index (κ2) is 9.36. The molecule has 0 radical (unpaired) electrons. The number of aliphatic imine (C=N–C) groups is 1. The van der Waals surface area contributed by atoms with Gasteiger partial charge in [-0.05, 0) is 69.9 Å². The van der Waals surface area contributed by atoms with Gasteiger partial charge >= 0.3 is 0 Å². The Balaban J connectivity index is 1.70. The van der Waals surface area contributed by atoms with Gasteiger partial charge in [-0.2, -0.15) is 0 Å². The number of hydrogen-bond donors (Lipinski definition) is 2. The van der Waals surface area contributed by atoms with Gasteiger partial charge in [0, 0.05) is 16.6 Å². The summed E-state index contributed by atoms with van der Waals surface area (Å²) in [6.45, 7) is 6.46. The Morgan fingerprint density at radius 3 is 2.74 bits per heavy atom. The van der Waals surface area contributed by atoms with Crippen LogP contribution >= 0.6 is 23.2 Å². The summed E-state index contributed by atoms with van der Waals surface area (Å²) < 4.78 is 0. The number of nitrogens with zero attached hydrogens (tertiary/aromatic N) is 2. The molecule has 0 saturated carbocycles. The third kappa shape index (κ3) is 6.21. The van der Waals surface area contributed by atoms with Gasteiger partial charge < -0.3 is 16.0 Å². The lowest BCUT2D eigenvalue weighted by molar-refractivity contribution is 0.331. The molecule has 1 atom stereocenters. The molecular formula is C17H26Cl2N4. The van der Waals surface area contributed by atoms with E-state index in [0.717, 1.165) is 18.5 Å². The van der Waals surface area contributed by atoms with E-state index in [0.29, 0.717) is 16.0 Å². The van der Waals surface area contributed by atoms with Crippen LogP contribution in [0.4, 0.5) is 0 Å². The first-order valence-corrected chi connectivity index (χ1v) is 9.05. The maximum absolute atomic E-state index is 6.21. The van der Waals surface area contributed by atoms with Crippen LogP contribution in [0.2, 0.25) is 10.0 Å². The second-order valence-electron chi connectivity index (χ2n) is 6.05. The van der Waals surface area contributed by atoms with Crippen LogP contribution in [0.25, 0.3) is 0 Å². The highest BCUT2D eigenvalue weighted by atomic mass is 35.5. The van der Waals surface area contributed by atoms with Gasteiger partial charge in [0.05, 0.1) is 6.04 Å². The summed E-state index contributed by atoms with van der Waals surface area (Å²) in [6.07, 6.45) is 4.94. The molecule has 128 valence electrons. The van der Waals surface area contributed by atoms with E-state index < -0.39 is 0 Å². The molecule has 23 heavy (non-hydrogen) atoms. The second-order valence-corrected chi connectivity index (χ2v) is 6.90. The van der Waals surface area contributed by atoms with Crippen molar-refractivity contribution in [3.05, 3.63) is 33.8 Å². The fourth-order valence-corrected chi connectivity index (χ4v) is 3.42. The summed E-state index contributed by atoms with van der Waals surface area (Å²) in [6, 6.07) is 5.47. The summed E-state index contributed by atoms with van der Waals surface area (Å²) in [5.41, 5.74) is 6.92. The number of hydrogen-bond acceptors (Lipinski definition) is 2. The fourth-order valence-electron chi connectivity index (χ4n) is 2.85. The van der Waals surface area contributed by atoms with Crippen molar-refractivity contribution in [2.75, 3.05) is 26.2 Å². The first kappa shape index (κ1) is 18.4. The summed E-state index contributed by atoms with van der Waals surface area (Å²) in [5.74, 6) is 0.463. The average Bonchev–Trinajstić information content (AvgIpc) is 3.00. The lowest BCUT2D eigenvalue weighted by atomic mass is 10.1. The zero-order valence-corrected chi connectivity index (χ0v) is 15.2. The van der Waals surface area contributed by atoms with Gasteiger partial charge in [0.1, 0.15) is 0 Å². The quantitative estimate of drug-likeness (QED) is 0.443. The number of likely N-dealkylation sites (tertiary alicyclic amines) is 1. The van der Waals surface area contributed by atoms with Crippen molar-refractivity contribution in [2.45, 2.75) is 38.6 Å². The van der Waals surface area contributed by atoms with Crippen LogP contribution in [0.5, 0.6) is 0 Å². The van der Waals surface area contributed by atoms with Crippen LogP contribution in [0, 0.1) is 0 Å². The van der Waals surface area contributed by atoms with Gasteiger partial charge in [-0.25, -0.2) is 0 Å². The molecule has 0 aromatic heterocycles. The maximum Gasteiger partial charge on any atom is 0.189 e. The Morgan fingerprint density at radius 1 is 1.30 bits per heavy atom.